The molecule has 12 nitrogen and oxygen atoms in total. The van der Waals surface area contributed by atoms with Crippen molar-refractivity contribution in [2.45, 2.75) is 25.4 Å². The van der Waals surface area contributed by atoms with Gasteiger partial charge in [-0.1, -0.05) is 11.6 Å². The predicted molar refractivity (Wildman–Crippen MR) is 123 cm³/mol. The van der Waals surface area contributed by atoms with Crippen LogP contribution in [-0.4, -0.2) is 88.0 Å². The number of amides is 4. The van der Waals surface area contributed by atoms with Crippen molar-refractivity contribution in [2.75, 3.05) is 53.4 Å². The summed E-state index contributed by atoms with van der Waals surface area (Å²) >= 11 is 6.52. The zero-order valence-electron chi connectivity index (χ0n) is 19.4. The molecule has 0 bridgehead atoms. The van der Waals surface area contributed by atoms with Crippen LogP contribution in [0.5, 0.6) is 5.75 Å². The van der Waals surface area contributed by atoms with Gasteiger partial charge in [-0.3, -0.25) is 24.5 Å². The van der Waals surface area contributed by atoms with Crippen LogP contribution in [0, 0.1) is 0 Å². The van der Waals surface area contributed by atoms with E-state index < -0.39 is 23.8 Å². The number of benzene rings is 1. The number of nitrogens with two attached hydrogens (primary N) is 1. The standard InChI is InChI=1S/C22H29ClN4O8/c1-32-16-10-13(20(29)25-4-5-33-6-7-34-8-9-35-12-24)19(23)14-11-27(22(31)18(14)16)15-2-3-17(28)26-21(15)30/h10,15H,2-9,11-12,24H2,1H3,(H,25,29)(H,26,28,30). The molecule has 3 rings (SSSR count). The van der Waals surface area contributed by atoms with E-state index in [2.05, 4.69) is 10.6 Å². The molecule has 1 atom stereocenters. The molecule has 1 aromatic carbocycles. The number of halogens is 1. The van der Waals surface area contributed by atoms with E-state index >= 15 is 0 Å². The van der Waals surface area contributed by atoms with Gasteiger partial charge in [-0.25, -0.2) is 0 Å². The Labute approximate surface area is 207 Å². The molecule has 4 amide bonds. The number of ether oxygens (including phenoxy) is 4. The summed E-state index contributed by atoms with van der Waals surface area (Å²) in [5.41, 5.74) is 5.95. The molecule has 0 aromatic heterocycles. The van der Waals surface area contributed by atoms with Gasteiger partial charge in [-0.2, -0.15) is 0 Å². The second-order valence-corrected chi connectivity index (χ2v) is 8.13. The smallest absolute Gasteiger partial charge is 0.259 e. The maximum atomic E-state index is 13.1. The van der Waals surface area contributed by atoms with E-state index in [0.29, 0.717) is 32.0 Å². The van der Waals surface area contributed by atoms with Crippen LogP contribution in [0.2, 0.25) is 5.02 Å². The zero-order chi connectivity index (χ0) is 25.4. The number of nitrogens with one attached hydrogen (secondary N) is 2. The van der Waals surface area contributed by atoms with Crippen molar-refractivity contribution in [1.82, 2.24) is 15.5 Å². The van der Waals surface area contributed by atoms with Crippen molar-refractivity contribution < 1.29 is 38.1 Å². The first-order valence-electron chi connectivity index (χ1n) is 11.1. The zero-order valence-corrected chi connectivity index (χ0v) is 20.2. The van der Waals surface area contributed by atoms with Gasteiger partial charge in [0.05, 0.1) is 63.0 Å². The third-order valence-corrected chi connectivity index (χ3v) is 6.00. The van der Waals surface area contributed by atoms with Gasteiger partial charge in [0.2, 0.25) is 11.8 Å². The molecule has 1 saturated heterocycles. The number of hydrogen-bond donors (Lipinski definition) is 3. The summed E-state index contributed by atoms with van der Waals surface area (Å²) in [7, 11) is 1.38. The van der Waals surface area contributed by atoms with Gasteiger partial charge in [-0.15, -0.1) is 0 Å². The molecule has 35 heavy (non-hydrogen) atoms. The molecule has 0 aliphatic carbocycles. The molecular formula is C22H29ClN4O8. The lowest BCUT2D eigenvalue weighted by atomic mass is 10.0. The molecule has 0 radical (unpaired) electrons. The minimum atomic E-state index is -0.806. The van der Waals surface area contributed by atoms with Crippen molar-refractivity contribution >= 4 is 35.2 Å². The fourth-order valence-corrected chi connectivity index (χ4v) is 4.16. The van der Waals surface area contributed by atoms with E-state index in [1.807, 2.05) is 0 Å². The Morgan fingerprint density at radius 1 is 1.17 bits per heavy atom. The maximum absolute atomic E-state index is 13.1. The normalized spacial score (nSPS) is 17.4. The number of methoxy groups -OCH3 is 1. The first kappa shape index (κ1) is 26.8. The van der Waals surface area contributed by atoms with Gasteiger partial charge in [0, 0.05) is 25.1 Å². The number of rotatable bonds is 13. The average Bonchev–Trinajstić information content (AvgIpc) is 3.18. The number of carbonyl (C=O) groups excluding carboxylic acids is 4. The van der Waals surface area contributed by atoms with Crippen molar-refractivity contribution in [3.63, 3.8) is 0 Å². The molecule has 0 spiro atoms. The minimum Gasteiger partial charge on any atom is -0.496 e. The number of nitrogens with zero attached hydrogens (tertiary/aromatic N) is 1. The number of carbonyl (C=O) groups is 4. The van der Waals surface area contributed by atoms with E-state index in [0.717, 1.165) is 0 Å². The van der Waals surface area contributed by atoms with E-state index in [1.165, 1.54) is 18.1 Å². The first-order chi connectivity index (χ1) is 16.9. The highest BCUT2D eigenvalue weighted by molar-refractivity contribution is 6.35. The molecule has 1 fully saturated rings. The van der Waals surface area contributed by atoms with Gasteiger partial charge in [0.1, 0.15) is 11.8 Å². The third-order valence-electron chi connectivity index (χ3n) is 5.57. The largest absolute Gasteiger partial charge is 0.496 e. The predicted octanol–water partition coefficient (Wildman–Crippen LogP) is -0.195. The monoisotopic (exact) mass is 512 g/mol. The SMILES string of the molecule is COc1cc(C(=O)NCCOCCOCCOCN)c(Cl)c2c1C(=O)N(C1CCC(=O)NC1=O)C2. The number of fused-ring (bicyclic) bond motifs is 1. The van der Waals surface area contributed by atoms with Crippen molar-refractivity contribution in [3.05, 3.63) is 27.8 Å². The van der Waals surface area contributed by atoms with Crippen LogP contribution in [0.15, 0.2) is 6.07 Å². The summed E-state index contributed by atoms with van der Waals surface area (Å²) in [4.78, 5) is 51.0. The Hall–Kier alpha value is -2.77. The van der Waals surface area contributed by atoms with E-state index in [1.54, 1.807) is 0 Å². The lowest BCUT2D eigenvalue weighted by Gasteiger charge is -2.29. The van der Waals surface area contributed by atoms with E-state index in [-0.39, 0.29) is 67.1 Å². The van der Waals surface area contributed by atoms with Crippen LogP contribution < -0.4 is 21.1 Å². The van der Waals surface area contributed by atoms with Gasteiger partial charge in [-0.05, 0) is 12.5 Å². The highest BCUT2D eigenvalue weighted by Crippen LogP contribution is 2.39. The lowest BCUT2D eigenvalue weighted by molar-refractivity contribution is -0.136. The molecule has 1 aromatic rings. The molecule has 0 saturated carbocycles. The third kappa shape index (κ3) is 6.47. The fourth-order valence-electron chi connectivity index (χ4n) is 3.87. The van der Waals surface area contributed by atoms with Gasteiger partial charge in [0.15, 0.2) is 0 Å². The molecule has 2 aliphatic rings. The molecule has 4 N–H and O–H groups in total. The number of hydrogen-bond acceptors (Lipinski definition) is 9. The van der Waals surface area contributed by atoms with E-state index in [4.69, 9.17) is 36.3 Å². The van der Waals surface area contributed by atoms with Crippen molar-refractivity contribution in [2.24, 2.45) is 5.73 Å². The summed E-state index contributed by atoms with van der Waals surface area (Å²) in [6.07, 6.45) is 0.343. The summed E-state index contributed by atoms with van der Waals surface area (Å²) in [5.74, 6) is -1.63. The molecular weight excluding hydrogens is 484 g/mol. The van der Waals surface area contributed by atoms with Crippen molar-refractivity contribution in [1.29, 1.82) is 0 Å². The topological polar surface area (TPSA) is 159 Å². The van der Waals surface area contributed by atoms with Crippen LogP contribution in [0.1, 0.15) is 39.1 Å². The van der Waals surface area contributed by atoms with Crippen LogP contribution in [0.3, 0.4) is 0 Å². The second kappa shape index (κ2) is 12.8. The molecule has 192 valence electrons. The van der Waals surface area contributed by atoms with Crippen LogP contribution in [0.4, 0.5) is 0 Å². The van der Waals surface area contributed by atoms with Gasteiger partial charge >= 0.3 is 0 Å². The molecule has 1 unspecified atom stereocenters. The summed E-state index contributed by atoms with van der Waals surface area (Å²) in [5, 5.41) is 5.08. The van der Waals surface area contributed by atoms with Crippen molar-refractivity contribution in [3.8, 4) is 5.75 Å². The Morgan fingerprint density at radius 2 is 1.86 bits per heavy atom. The van der Waals surface area contributed by atoms with Crippen LogP contribution in [0.25, 0.3) is 0 Å². The molecule has 2 heterocycles. The number of piperidine rings is 1. The molecule has 2 aliphatic heterocycles. The maximum Gasteiger partial charge on any atom is 0.259 e. The summed E-state index contributed by atoms with van der Waals surface area (Å²) in [6, 6.07) is 0.598. The average molecular weight is 513 g/mol. The Balaban J connectivity index is 1.58. The lowest BCUT2D eigenvalue weighted by Crippen LogP contribution is -2.52. The van der Waals surface area contributed by atoms with Gasteiger partial charge < -0.3 is 34.9 Å². The first-order valence-corrected chi connectivity index (χ1v) is 11.5. The Morgan fingerprint density at radius 3 is 2.51 bits per heavy atom. The summed E-state index contributed by atoms with van der Waals surface area (Å²) < 4.78 is 21.0. The fraction of sp³-hybridized carbons (Fsp3) is 0.545. The highest BCUT2D eigenvalue weighted by atomic mass is 35.5. The minimum absolute atomic E-state index is 0.0240. The van der Waals surface area contributed by atoms with Crippen LogP contribution in [-0.2, 0) is 30.3 Å². The molecule has 13 heteroatoms. The summed E-state index contributed by atoms with van der Waals surface area (Å²) in [6.45, 7) is 2.22. The Kier molecular flexibility index (Phi) is 9.81. The highest BCUT2D eigenvalue weighted by Gasteiger charge is 2.42. The van der Waals surface area contributed by atoms with E-state index in [9.17, 15) is 19.2 Å². The van der Waals surface area contributed by atoms with Gasteiger partial charge in [0.25, 0.3) is 11.8 Å². The van der Waals surface area contributed by atoms with Crippen LogP contribution >= 0.6 is 11.6 Å². The second-order valence-electron chi connectivity index (χ2n) is 7.75. The number of imide groups is 1. The quantitative estimate of drug-likeness (QED) is 0.185. The Bertz CT molecular complexity index is 973.